The molecule has 0 atom stereocenters. The number of hydrogen-bond acceptors (Lipinski definition) is 2. The molecule has 0 aliphatic heterocycles. The predicted octanol–water partition coefficient (Wildman–Crippen LogP) is 4.19. The molecule has 21 heavy (non-hydrogen) atoms. The summed E-state index contributed by atoms with van der Waals surface area (Å²) in [6, 6.07) is 12.8. The van der Waals surface area contributed by atoms with Crippen LogP contribution in [0, 0.1) is 17.1 Å². The molecule has 0 saturated heterocycles. The molecule has 2 aromatic rings. The van der Waals surface area contributed by atoms with Gasteiger partial charge in [0.2, 0.25) is 0 Å². The molecule has 0 amide bonds. The van der Waals surface area contributed by atoms with E-state index in [4.69, 9.17) is 5.26 Å². The van der Waals surface area contributed by atoms with E-state index in [0.29, 0.717) is 12.1 Å². The van der Waals surface area contributed by atoms with Gasteiger partial charge in [-0.3, -0.25) is 0 Å². The molecule has 0 aromatic heterocycles. The highest BCUT2D eigenvalue weighted by Gasteiger charge is 2.12. The number of nitrogens with zero attached hydrogens (tertiary/aromatic N) is 1. The standard InChI is InChI=1S/C18H17FN2/c19-16-9-13(11-20)8-14(10-16)12-21-18-7-3-5-15-4-1-2-6-17(15)18/h3,5,7-10,21H,1-2,4,6,12H2. The van der Waals surface area contributed by atoms with Crippen molar-refractivity contribution in [2.75, 3.05) is 5.32 Å². The summed E-state index contributed by atoms with van der Waals surface area (Å²) >= 11 is 0. The summed E-state index contributed by atoms with van der Waals surface area (Å²) in [6.07, 6.45) is 4.73. The first-order valence-electron chi connectivity index (χ1n) is 7.30. The van der Waals surface area contributed by atoms with Gasteiger partial charge in [0.25, 0.3) is 0 Å². The normalized spacial score (nSPS) is 13.3. The van der Waals surface area contributed by atoms with Crippen molar-refractivity contribution in [2.45, 2.75) is 32.2 Å². The van der Waals surface area contributed by atoms with Crippen molar-refractivity contribution in [3.8, 4) is 6.07 Å². The zero-order chi connectivity index (χ0) is 14.7. The summed E-state index contributed by atoms with van der Waals surface area (Å²) in [7, 11) is 0. The number of nitrogens with one attached hydrogen (secondary N) is 1. The first-order valence-corrected chi connectivity index (χ1v) is 7.30. The van der Waals surface area contributed by atoms with E-state index in [1.807, 2.05) is 6.07 Å². The van der Waals surface area contributed by atoms with Crippen molar-refractivity contribution < 1.29 is 4.39 Å². The van der Waals surface area contributed by atoms with Gasteiger partial charge in [-0.1, -0.05) is 12.1 Å². The summed E-state index contributed by atoms with van der Waals surface area (Å²) in [5.74, 6) is -0.360. The van der Waals surface area contributed by atoms with Crippen LogP contribution in [0.5, 0.6) is 0 Å². The second-order valence-electron chi connectivity index (χ2n) is 5.46. The maximum absolute atomic E-state index is 13.4. The third-order valence-corrected chi connectivity index (χ3v) is 3.97. The van der Waals surface area contributed by atoms with E-state index in [-0.39, 0.29) is 5.82 Å². The number of hydrogen-bond donors (Lipinski definition) is 1. The van der Waals surface area contributed by atoms with Gasteiger partial charge in [-0.2, -0.15) is 5.26 Å². The Morgan fingerprint density at radius 3 is 2.86 bits per heavy atom. The molecule has 0 heterocycles. The Hall–Kier alpha value is -2.34. The van der Waals surface area contributed by atoms with Crippen LogP contribution < -0.4 is 5.32 Å². The Bertz CT molecular complexity index is 701. The van der Waals surface area contributed by atoms with Crippen molar-refractivity contribution in [2.24, 2.45) is 0 Å². The Kier molecular flexibility index (Phi) is 3.87. The van der Waals surface area contributed by atoms with E-state index < -0.39 is 0 Å². The van der Waals surface area contributed by atoms with Gasteiger partial charge in [-0.05, 0) is 66.6 Å². The molecule has 106 valence electrons. The molecule has 2 aromatic carbocycles. The molecule has 1 aliphatic carbocycles. The summed E-state index contributed by atoms with van der Waals surface area (Å²) in [5.41, 5.74) is 5.10. The maximum atomic E-state index is 13.4. The van der Waals surface area contributed by atoms with Crippen LogP contribution in [0.1, 0.15) is 35.1 Å². The molecule has 0 unspecified atom stereocenters. The highest BCUT2D eigenvalue weighted by Crippen LogP contribution is 2.28. The number of rotatable bonds is 3. The fraction of sp³-hybridized carbons (Fsp3) is 0.278. The van der Waals surface area contributed by atoms with Crippen LogP contribution in [-0.4, -0.2) is 0 Å². The molecule has 0 saturated carbocycles. The monoisotopic (exact) mass is 280 g/mol. The lowest BCUT2D eigenvalue weighted by Crippen LogP contribution is -2.08. The summed E-state index contributed by atoms with van der Waals surface area (Å²) in [4.78, 5) is 0. The van der Waals surface area contributed by atoms with Gasteiger partial charge >= 0.3 is 0 Å². The maximum Gasteiger partial charge on any atom is 0.124 e. The molecule has 2 nitrogen and oxygen atoms in total. The third-order valence-electron chi connectivity index (χ3n) is 3.97. The highest BCUT2D eigenvalue weighted by molar-refractivity contribution is 5.56. The molecule has 0 radical (unpaired) electrons. The molecular weight excluding hydrogens is 263 g/mol. The molecule has 1 aliphatic rings. The molecule has 3 heteroatoms. The Morgan fingerprint density at radius 2 is 2.00 bits per heavy atom. The van der Waals surface area contributed by atoms with Gasteiger partial charge in [0, 0.05) is 12.2 Å². The number of nitriles is 1. The summed E-state index contributed by atoms with van der Waals surface area (Å²) in [6.45, 7) is 0.531. The summed E-state index contributed by atoms with van der Waals surface area (Å²) in [5, 5.41) is 12.3. The number of anilines is 1. The zero-order valence-electron chi connectivity index (χ0n) is 11.8. The second-order valence-corrected chi connectivity index (χ2v) is 5.46. The van der Waals surface area contributed by atoms with E-state index in [1.54, 1.807) is 6.07 Å². The zero-order valence-corrected chi connectivity index (χ0v) is 11.8. The molecule has 0 fully saturated rings. The molecule has 3 rings (SSSR count). The molecular formula is C18H17FN2. The number of aryl methyl sites for hydroxylation is 1. The molecule has 0 bridgehead atoms. The first kappa shape index (κ1) is 13.6. The van der Waals surface area contributed by atoms with E-state index in [1.165, 1.54) is 36.1 Å². The number of fused-ring (bicyclic) bond motifs is 1. The largest absolute Gasteiger partial charge is 0.381 e. The predicted molar refractivity (Wildman–Crippen MR) is 81.5 cm³/mol. The number of benzene rings is 2. The van der Waals surface area contributed by atoms with Crippen LogP contribution in [0.4, 0.5) is 10.1 Å². The van der Waals surface area contributed by atoms with Crippen LogP contribution in [0.15, 0.2) is 36.4 Å². The van der Waals surface area contributed by atoms with E-state index in [9.17, 15) is 4.39 Å². The van der Waals surface area contributed by atoms with Gasteiger partial charge in [0.15, 0.2) is 0 Å². The average molecular weight is 280 g/mol. The fourth-order valence-corrected chi connectivity index (χ4v) is 2.96. The van der Waals surface area contributed by atoms with Crippen molar-refractivity contribution >= 4 is 5.69 Å². The molecule has 0 spiro atoms. The van der Waals surface area contributed by atoms with Gasteiger partial charge in [-0.25, -0.2) is 4.39 Å². The van der Waals surface area contributed by atoms with Crippen molar-refractivity contribution in [1.82, 2.24) is 0 Å². The van der Waals surface area contributed by atoms with Crippen LogP contribution in [0.25, 0.3) is 0 Å². The van der Waals surface area contributed by atoms with Crippen molar-refractivity contribution in [1.29, 1.82) is 5.26 Å². The van der Waals surface area contributed by atoms with E-state index in [2.05, 4.69) is 23.5 Å². The van der Waals surface area contributed by atoms with Crippen LogP contribution in [0.2, 0.25) is 0 Å². The fourth-order valence-electron chi connectivity index (χ4n) is 2.96. The lowest BCUT2D eigenvalue weighted by atomic mass is 9.90. The topological polar surface area (TPSA) is 35.8 Å². The highest BCUT2D eigenvalue weighted by atomic mass is 19.1. The Labute approximate surface area is 124 Å². The SMILES string of the molecule is N#Cc1cc(F)cc(CNc2cccc3c2CCCC3)c1. The van der Waals surface area contributed by atoms with Crippen molar-refractivity contribution in [3.05, 3.63) is 64.5 Å². The van der Waals surface area contributed by atoms with Gasteiger partial charge in [0.1, 0.15) is 5.82 Å². The minimum absolute atomic E-state index is 0.360. The second kappa shape index (κ2) is 5.97. The Morgan fingerprint density at radius 1 is 1.14 bits per heavy atom. The Balaban J connectivity index is 1.79. The molecule has 1 N–H and O–H groups in total. The summed E-state index contributed by atoms with van der Waals surface area (Å²) < 4.78 is 13.4. The van der Waals surface area contributed by atoms with Gasteiger partial charge in [0.05, 0.1) is 11.6 Å². The first-order chi connectivity index (χ1) is 10.3. The average Bonchev–Trinajstić information content (AvgIpc) is 2.52. The smallest absolute Gasteiger partial charge is 0.124 e. The lowest BCUT2D eigenvalue weighted by molar-refractivity contribution is 0.625. The number of halogens is 1. The van der Waals surface area contributed by atoms with Gasteiger partial charge < -0.3 is 5.32 Å². The van der Waals surface area contributed by atoms with Crippen LogP contribution in [0.3, 0.4) is 0 Å². The van der Waals surface area contributed by atoms with Crippen LogP contribution >= 0.6 is 0 Å². The third kappa shape index (κ3) is 3.05. The minimum atomic E-state index is -0.360. The van der Waals surface area contributed by atoms with Crippen LogP contribution in [-0.2, 0) is 19.4 Å². The van der Waals surface area contributed by atoms with E-state index in [0.717, 1.165) is 24.1 Å². The van der Waals surface area contributed by atoms with Gasteiger partial charge in [-0.15, -0.1) is 0 Å². The lowest BCUT2D eigenvalue weighted by Gasteiger charge is -2.20. The van der Waals surface area contributed by atoms with Crippen molar-refractivity contribution in [3.63, 3.8) is 0 Å². The quantitative estimate of drug-likeness (QED) is 0.915. The van der Waals surface area contributed by atoms with E-state index >= 15 is 0 Å². The minimum Gasteiger partial charge on any atom is -0.381 e.